The number of hydrogen-bond donors (Lipinski definition) is 2. The predicted molar refractivity (Wildman–Crippen MR) is 99.3 cm³/mol. The van der Waals surface area contributed by atoms with Gasteiger partial charge in [0.15, 0.2) is 5.79 Å². The molecule has 0 aromatic heterocycles. The third-order valence-corrected chi connectivity index (χ3v) is 5.81. The Kier molecular flexibility index (Phi) is 5.73. The van der Waals surface area contributed by atoms with Crippen molar-refractivity contribution in [1.29, 1.82) is 0 Å². The molecule has 1 spiro atoms. The van der Waals surface area contributed by atoms with Crippen molar-refractivity contribution in [2.75, 3.05) is 19.8 Å². The molecule has 5 heteroatoms. The molecule has 1 aromatic carbocycles. The van der Waals surface area contributed by atoms with Crippen LogP contribution in [0.3, 0.4) is 0 Å². The smallest absolute Gasteiger partial charge is 0.168 e. The Morgan fingerprint density at radius 3 is 2.23 bits per heavy atom. The summed E-state index contributed by atoms with van der Waals surface area (Å²) in [6.07, 6.45) is 3.57. The quantitative estimate of drug-likeness (QED) is 0.830. The molecule has 0 amide bonds. The number of rotatable bonds is 5. The van der Waals surface area contributed by atoms with Gasteiger partial charge in [-0.1, -0.05) is 26.0 Å². The second-order valence-electron chi connectivity index (χ2n) is 8.85. The van der Waals surface area contributed by atoms with Gasteiger partial charge in [-0.15, -0.1) is 0 Å². The van der Waals surface area contributed by atoms with Gasteiger partial charge in [-0.25, -0.2) is 4.39 Å². The lowest BCUT2D eigenvalue weighted by Crippen LogP contribution is -2.52. The molecule has 0 radical (unpaired) electrons. The highest BCUT2D eigenvalue weighted by Crippen LogP contribution is 2.43. The molecular formula is C21H32FNO3. The maximum absolute atomic E-state index is 13.0. The molecule has 146 valence electrons. The van der Waals surface area contributed by atoms with Crippen molar-refractivity contribution in [3.63, 3.8) is 0 Å². The Balaban J connectivity index is 1.44. The van der Waals surface area contributed by atoms with Crippen molar-refractivity contribution in [1.82, 2.24) is 5.32 Å². The topological polar surface area (TPSA) is 50.7 Å². The first-order valence-electron chi connectivity index (χ1n) is 9.70. The summed E-state index contributed by atoms with van der Waals surface area (Å²) < 4.78 is 25.1. The van der Waals surface area contributed by atoms with Gasteiger partial charge < -0.3 is 19.9 Å². The van der Waals surface area contributed by atoms with E-state index in [1.54, 1.807) is 12.1 Å². The standard InChI is InChI=1S/C21H32FNO3/c1-16(17-4-6-18(22)7-5-17)23-13-12-20(24)8-10-21(11-9-20)25-14-19(2,3)15-26-21/h4-7,16,23-24H,8-15H2,1-3H3. The molecule has 4 nitrogen and oxygen atoms in total. The second kappa shape index (κ2) is 7.55. The zero-order valence-corrected chi connectivity index (χ0v) is 16.2. The minimum atomic E-state index is -0.666. The molecule has 2 N–H and O–H groups in total. The van der Waals surface area contributed by atoms with E-state index in [2.05, 4.69) is 26.1 Å². The van der Waals surface area contributed by atoms with Crippen molar-refractivity contribution in [3.05, 3.63) is 35.6 Å². The Hall–Kier alpha value is -1.01. The van der Waals surface area contributed by atoms with Crippen LogP contribution in [0.15, 0.2) is 24.3 Å². The number of ether oxygens (including phenoxy) is 2. The minimum Gasteiger partial charge on any atom is -0.390 e. The number of aliphatic hydroxyl groups is 1. The Bertz CT molecular complexity index is 582. The van der Waals surface area contributed by atoms with Gasteiger partial charge in [0.1, 0.15) is 5.82 Å². The van der Waals surface area contributed by atoms with Gasteiger partial charge in [0.05, 0.1) is 18.8 Å². The van der Waals surface area contributed by atoms with Crippen molar-refractivity contribution in [2.45, 2.75) is 70.3 Å². The molecule has 1 aliphatic carbocycles. The molecule has 1 atom stereocenters. The minimum absolute atomic E-state index is 0.0689. The fraction of sp³-hybridized carbons (Fsp3) is 0.714. The normalized spacial score (nSPS) is 25.1. The van der Waals surface area contributed by atoms with Crippen LogP contribution < -0.4 is 5.32 Å². The number of nitrogens with one attached hydrogen (secondary N) is 1. The summed E-state index contributed by atoms with van der Waals surface area (Å²) >= 11 is 0. The van der Waals surface area contributed by atoms with Gasteiger partial charge in [-0.2, -0.15) is 0 Å². The highest BCUT2D eigenvalue weighted by atomic mass is 19.1. The molecule has 2 fully saturated rings. The van der Waals surface area contributed by atoms with E-state index in [9.17, 15) is 9.50 Å². The number of hydrogen-bond acceptors (Lipinski definition) is 4. The summed E-state index contributed by atoms with van der Waals surface area (Å²) in [6.45, 7) is 8.49. The summed E-state index contributed by atoms with van der Waals surface area (Å²) in [6, 6.07) is 6.68. The Morgan fingerprint density at radius 1 is 1.08 bits per heavy atom. The van der Waals surface area contributed by atoms with E-state index in [-0.39, 0.29) is 17.3 Å². The number of halogens is 1. The zero-order valence-electron chi connectivity index (χ0n) is 16.2. The van der Waals surface area contributed by atoms with Crippen LogP contribution in [-0.4, -0.2) is 36.3 Å². The second-order valence-corrected chi connectivity index (χ2v) is 8.85. The van der Waals surface area contributed by atoms with Crippen LogP contribution in [0.25, 0.3) is 0 Å². The van der Waals surface area contributed by atoms with Crippen LogP contribution in [0, 0.1) is 11.2 Å². The summed E-state index contributed by atoms with van der Waals surface area (Å²) in [5.74, 6) is -0.710. The molecule has 26 heavy (non-hydrogen) atoms. The molecule has 1 unspecified atom stereocenters. The van der Waals surface area contributed by atoms with Crippen LogP contribution in [0.2, 0.25) is 0 Å². The summed E-state index contributed by atoms with van der Waals surface area (Å²) in [7, 11) is 0. The van der Waals surface area contributed by atoms with E-state index in [4.69, 9.17) is 9.47 Å². The van der Waals surface area contributed by atoms with Crippen LogP contribution in [0.4, 0.5) is 4.39 Å². The van der Waals surface area contributed by atoms with Crippen molar-refractivity contribution < 1.29 is 19.0 Å². The van der Waals surface area contributed by atoms with Crippen molar-refractivity contribution >= 4 is 0 Å². The lowest BCUT2D eigenvalue weighted by molar-refractivity contribution is -0.319. The fourth-order valence-corrected chi connectivity index (χ4v) is 3.76. The highest BCUT2D eigenvalue weighted by Gasteiger charge is 2.46. The Morgan fingerprint density at radius 2 is 1.65 bits per heavy atom. The average Bonchev–Trinajstić information content (AvgIpc) is 2.61. The van der Waals surface area contributed by atoms with Crippen LogP contribution in [0.5, 0.6) is 0 Å². The van der Waals surface area contributed by atoms with Crippen molar-refractivity contribution in [3.8, 4) is 0 Å². The van der Waals surface area contributed by atoms with Crippen LogP contribution in [0.1, 0.15) is 64.5 Å². The van der Waals surface area contributed by atoms with Crippen molar-refractivity contribution in [2.24, 2.45) is 5.41 Å². The summed E-state index contributed by atoms with van der Waals surface area (Å²) in [5, 5.41) is 14.3. The lowest BCUT2D eigenvalue weighted by Gasteiger charge is -2.48. The molecule has 1 heterocycles. The molecule has 3 rings (SSSR count). The molecule has 2 aliphatic rings. The maximum Gasteiger partial charge on any atom is 0.168 e. The molecule has 0 bridgehead atoms. The molecule has 1 saturated carbocycles. The van der Waals surface area contributed by atoms with Gasteiger partial charge in [-0.3, -0.25) is 0 Å². The third-order valence-electron chi connectivity index (χ3n) is 5.81. The van der Waals surface area contributed by atoms with Gasteiger partial charge in [-0.05, 0) is 50.4 Å². The first kappa shape index (κ1) is 19.7. The van der Waals surface area contributed by atoms with Crippen LogP contribution in [-0.2, 0) is 9.47 Å². The van der Waals surface area contributed by atoms with E-state index < -0.39 is 11.4 Å². The van der Waals surface area contributed by atoms with E-state index in [0.717, 1.165) is 24.9 Å². The van der Waals surface area contributed by atoms with Gasteiger partial charge >= 0.3 is 0 Å². The zero-order chi connectivity index (χ0) is 18.8. The number of benzene rings is 1. The average molecular weight is 365 g/mol. The van der Waals surface area contributed by atoms with Gasteiger partial charge in [0.2, 0.25) is 0 Å². The van der Waals surface area contributed by atoms with E-state index in [1.807, 2.05) is 0 Å². The third kappa shape index (κ3) is 4.83. The predicted octanol–water partition coefficient (Wildman–Crippen LogP) is 3.94. The fourth-order valence-electron chi connectivity index (χ4n) is 3.76. The highest BCUT2D eigenvalue weighted by molar-refractivity contribution is 5.19. The summed E-state index contributed by atoms with van der Waals surface area (Å²) in [5.41, 5.74) is 0.451. The van der Waals surface area contributed by atoms with Gasteiger partial charge in [0.25, 0.3) is 0 Å². The molecular weight excluding hydrogens is 333 g/mol. The monoisotopic (exact) mass is 365 g/mol. The van der Waals surface area contributed by atoms with Crippen LogP contribution >= 0.6 is 0 Å². The maximum atomic E-state index is 13.0. The van der Waals surface area contributed by atoms with E-state index in [1.165, 1.54) is 12.1 Å². The van der Waals surface area contributed by atoms with E-state index in [0.29, 0.717) is 32.5 Å². The Labute approximate surface area is 156 Å². The first-order chi connectivity index (χ1) is 12.2. The first-order valence-corrected chi connectivity index (χ1v) is 9.70. The SMILES string of the molecule is CC(NCCC1(O)CCC2(CC1)OCC(C)(C)CO2)c1ccc(F)cc1. The van der Waals surface area contributed by atoms with Gasteiger partial charge in [0, 0.05) is 24.3 Å². The molecule has 1 saturated heterocycles. The lowest BCUT2D eigenvalue weighted by atomic mass is 9.78. The molecule has 1 aromatic rings. The molecule has 1 aliphatic heterocycles. The summed E-state index contributed by atoms with van der Waals surface area (Å²) in [4.78, 5) is 0. The van der Waals surface area contributed by atoms with E-state index >= 15 is 0 Å². The largest absolute Gasteiger partial charge is 0.390 e.